The van der Waals surface area contributed by atoms with Gasteiger partial charge in [-0.25, -0.2) is 4.98 Å². The maximum atomic E-state index is 5.23. The highest BCUT2D eigenvalue weighted by Gasteiger charge is 2.33. The minimum Gasteiger partial charge on any atom is -0.308 e. The second-order valence-electron chi connectivity index (χ2n) is 12.8. The van der Waals surface area contributed by atoms with E-state index in [1.165, 1.54) is 27.6 Å². The molecule has 7 aromatic carbocycles. The van der Waals surface area contributed by atoms with Crippen molar-refractivity contribution in [3.63, 3.8) is 0 Å². The van der Waals surface area contributed by atoms with E-state index in [0.717, 1.165) is 45.0 Å². The SMILES string of the molecule is c1ccc(-c2nc(-c3ccccc3)nc(N3c4ccccc4-c4c(n(-c5ccccc5)c5c(-c6ccccc6)cccc45)-c4ccccc43)n2)cc1. The summed E-state index contributed by atoms with van der Waals surface area (Å²) in [4.78, 5) is 17.7. The third kappa shape index (κ3) is 4.83. The number of hydrogen-bond acceptors (Lipinski definition) is 4. The van der Waals surface area contributed by atoms with E-state index < -0.39 is 0 Å². The highest BCUT2D eigenvalue weighted by molar-refractivity contribution is 6.15. The Hall–Kier alpha value is -7.11. The zero-order chi connectivity index (χ0) is 34.4. The molecule has 1 aliphatic heterocycles. The molecule has 0 radical (unpaired) electrons. The maximum Gasteiger partial charge on any atom is 0.238 e. The molecular weight excluding hydrogens is 635 g/mol. The Kier molecular flexibility index (Phi) is 7.07. The zero-order valence-electron chi connectivity index (χ0n) is 28.1. The summed E-state index contributed by atoms with van der Waals surface area (Å²) in [5.41, 5.74) is 12.9. The molecule has 5 heteroatoms. The number of fused-ring (bicyclic) bond motifs is 7. The molecule has 2 aromatic heterocycles. The first kappa shape index (κ1) is 29.8. The van der Waals surface area contributed by atoms with E-state index in [2.05, 4.69) is 137 Å². The number of para-hydroxylation sites is 4. The first-order valence-electron chi connectivity index (χ1n) is 17.5. The summed E-state index contributed by atoms with van der Waals surface area (Å²) in [6.07, 6.45) is 0. The van der Waals surface area contributed by atoms with E-state index in [9.17, 15) is 0 Å². The van der Waals surface area contributed by atoms with Gasteiger partial charge in [-0.1, -0.05) is 164 Å². The van der Waals surface area contributed by atoms with Crippen molar-refractivity contribution in [1.82, 2.24) is 19.5 Å². The summed E-state index contributed by atoms with van der Waals surface area (Å²) >= 11 is 0. The van der Waals surface area contributed by atoms with Gasteiger partial charge in [-0.05, 0) is 29.8 Å². The molecule has 0 saturated carbocycles. The summed E-state index contributed by atoms with van der Waals surface area (Å²) in [5, 5.41) is 1.18. The fourth-order valence-electron chi connectivity index (χ4n) is 7.54. The van der Waals surface area contributed by atoms with Crippen molar-refractivity contribution >= 4 is 28.2 Å². The van der Waals surface area contributed by atoms with Crippen LogP contribution in [-0.4, -0.2) is 19.5 Å². The van der Waals surface area contributed by atoms with Crippen molar-refractivity contribution < 1.29 is 0 Å². The monoisotopic (exact) mass is 665 g/mol. The highest BCUT2D eigenvalue weighted by atomic mass is 15.3. The Labute approximate surface area is 301 Å². The Bertz CT molecular complexity index is 2660. The molecule has 52 heavy (non-hydrogen) atoms. The molecule has 0 atom stereocenters. The molecule has 0 spiro atoms. The van der Waals surface area contributed by atoms with Gasteiger partial charge in [0.05, 0.1) is 22.6 Å². The van der Waals surface area contributed by atoms with Crippen molar-refractivity contribution in [2.45, 2.75) is 0 Å². The lowest BCUT2D eigenvalue weighted by molar-refractivity contribution is 1.02. The molecule has 1 aliphatic rings. The van der Waals surface area contributed by atoms with Gasteiger partial charge >= 0.3 is 0 Å². The van der Waals surface area contributed by atoms with Crippen LogP contribution < -0.4 is 4.90 Å². The van der Waals surface area contributed by atoms with E-state index >= 15 is 0 Å². The highest BCUT2D eigenvalue weighted by Crippen LogP contribution is 2.55. The minimum absolute atomic E-state index is 0.554. The predicted octanol–water partition coefficient (Wildman–Crippen LogP) is 11.9. The minimum atomic E-state index is 0.554. The lowest BCUT2D eigenvalue weighted by Crippen LogP contribution is -2.16. The van der Waals surface area contributed by atoms with Gasteiger partial charge in [-0.2, -0.15) is 9.97 Å². The first-order chi connectivity index (χ1) is 25.8. The van der Waals surface area contributed by atoms with Crippen LogP contribution in [0.5, 0.6) is 0 Å². The zero-order valence-corrected chi connectivity index (χ0v) is 28.1. The Morgan fingerprint density at radius 1 is 0.365 bits per heavy atom. The summed E-state index contributed by atoms with van der Waals surface area (Å²) in [7, 11) is 0. The maximum absolute atomic E-state index is 5.23. The fraction of sp³-hybridized carbons (Fsp3) is 0. The molecule has 5 nitrogen and oxygen atoms in total. The quantitative estimate of drug-likeness (QED) is 0.184. The van der Waals surface area contributed by atoms with Gasteiger partial charge in [0, 0.05) is 44.5 Å². The summed E-state index contributed by atoms with van der Waals surface area (Å²) in [5.74, 6) is 1.79. The van der Waals surface area contributed by atoms with Crippen LogP contribution in [0.15, 0.2) is 188 Å². The van der Waals surface area contributed by atoms with Crippen LogP contribution in [0, 0.1) is 0 Å². The van der Waals surface area contributed by atoms with Crippen molar-refractivity contribution in [3.05, 3.63) is 188 Å². The van der Waals surface area contributed by atoms with Crippen molar-refractivity contribution in [2.24, 2.45) is 0 Å². The van der Waals surface area contributed by atoms with Crippen LogP contribution >= 0.6 is 0 Å². The Morgan fingerprint density at radius 3 is 1.46 bits per heavy atom. The second-order valence-corrected chi connectivity index (χ2v) is 12.8. The van der Waals surface area contributed by atoms with Crippen molar-refractivity contribution in [1.29, 1.82) is 0 Å². The van der Waals surface area contributed by atoms with E-state index in [-0.39, 0.29) is 0 Å². The standard InChI is InChI=1S/C47H31N5/c1-5-18-32(19-6-1)36-28-17-29-39-42-37-26-13-15-30-40(37)52(41-31-16-14-27-38(41)44(42)51(43(36)39)35-24-11-4-12-25-35)47-49-45(33-20-7-2-8-21-33)48-46(50-47)34-22-9-3-10-23-34/h1-31H. The van der Waals surface area contributed by atoms with Crippen molar-refractivity contribution in [3.8, 4) is 62.0 Å². The summed E-state index contributed by atoms with van der Waals surface area (Å²) in [6.45, 7) is 0. The van der Waals surface area contributed by atoms with Crippen LogP contribution in [-0.2, 0) is 0 Å². The number of anilines is 3. The lowest BCUT2D eigenvalue weighted by atomic mass is 9.96. The number of benzene rings is 7. The molecule has 0 amide bonds. The first-order valence-corrected chi connectivity index (χ1v) is 17.5. The molecule has 3 heterocycles. The molecule has 244 valence electrons. The Morgan fingerprint density at radius 2 is 0.846 bits per heavy atom. The average Bonchev–Trinajstić information content (AvgIpc) is 3.51. The van der Waals surface area contributed by atoms with Crippen LogP contribution in [0.1, 0.15) is 0 Å². The molecular formula is C47H31N5. The number of hydrogen-bond donors (Lipinski definition) is 0. The molecule has 0 N–H and O–H groups in total. The van der Waals surface area contributed by atoms with Gasteiger partial charge in [-0.3, -0.25) is 4.90 Å². The third-order valence-corrected chi connectivity index (χ3v) is 9.79. The normalized spacial score (nSPS) is 11.8. The van der Waals surface area contributed by atoms with Crippen molar-refractivity contribution in [2.75, 3.05) is 4.90 Å². The lowest BCUT2D eigenvalue weighted by Gasteiger charge is -2.26. The van der Waals surface area contributed by atoms with Crippen LogP contribution in [0.2, 0.25) is 0 Å². The molecule has 9 aromatic rings. The molecule has 0 fully saturated rings. The van der Waals surface area contributed by atoms with E-state index in [0.29, 0.717) is 17.6 Å². The Balaban J connectivity index is 1.32. The van der Waals surface area contributed by atoms with Crippen LogP contribution in [0.3, 0.4) is 0 Å². The predicted molar refractivity (Wildman–Crippen MR) is 212 cm³/mol. The van der Waals surface area contributed by atoms with E-state index in [4.69, 9.17) is 15.0 Å². The number of rotatable bonds is 5. The molecule has 0 bridgehead atoms. The molecule has 10 rings (SSSR count). The molecule has 0 saturated heterocycles. The van der Waals surface area contributed by atoms with Crippen LogP contribution in [0.25, 0.3) is 72.9 Å². The summed E-state index contributed by atoms with van der Waals surface area (Å²) < 4.78 is 2.45. The fourth-order valence-corrected chi connectivity index (χ4v) is 7.54. The van der Waals surface area contributed by atoms with Gasteiger partial charge in [0.15, 0.2) is 11.6 Å². The van der Waals surface area contributed by atoms with Gasteiger partial charge in [0.1, 0.15) is 0 Å². The average molecular weight is 666 g/mol. The largest absolute Gasteiger partial charge is 0.308 e. The van der Waals surface area contributed by atoms with Gasteiger partial charge in [0.2, 0.25) is 5.95 Å². The topological polar surface area (TPSA) is 46.8 Å². The van der Waals surface area contributed by atoms with Gasteiger partial charge in [0.25, 0.3) is 0 Å². The van der Waals surface area contributed by atoms with Gasteiger partial charge < -0.3 is 4.57 Å². The number of aromatic nitrogens is 4. The smallest absolute Gasteiger partial charge is 0.238 e. The molecule has 0 unspecified atom stereocenters. The van der Waals surface area contributed by atoms with Gasteiger partial charge in [-0.15, -0.1) is 0 Å². The van der Waals surface area contributed by atoms with E-state index in [1.807, 2.05) is 60.7 Å². The number of nitrogens with zero attached hydrogens (tertiary/aromatic N) is 5. The molecule has 0 aliphatic carbocycles. The van der Waals surface area contributed by atoms with Crippen LogP contribution in [0.4, 0.5) is 17.3 Å². The second kappa shape index (κ2) is 12.3. The third-order valence-electron chi connectivity index (χ3n) is 9.79. The van der Waals surface area contributed by atoms with E-state index in [1.54, 1.807) is 0 Å². The summed E-state index contributed by atoms with van der Waals surface area (Å²) in [6, 6.07) is 65.6.